The smallest absolute Gasteiger partial charge is 0.266 e. The SMILES string of the molecule is COc1cccc(N2CC(C(=O)NCCn3nc(-c4sc(C)nc4C)ccc3=O)CC2=O)c1. The van der Waals surface area contributed by atoms with Gasteiger partial charge in [0.25, 0.3) is 5.56 Å². The molecule has 172 valence electrons. The highest BCUT2D eigenvalue weighted by Crippen LogP contribution is 2.28. The fourth-order valence-electron chi connectivity index (χ4n) is 3.84. The van der Waals surface area contributed by atoms with Crippen LogP contribution in [0.5, 0.6) is 5.75 Å². The van der Waals surface area contributed by atoms with Crippen LogP contribution in [-0.2, 0) is 16.1 Å². The quantitative estimate of drug-likeness (QED) is 0.571. The number of anilines is 1. The van der Waals surface area contributed by atoms with E-state index in [2.05, 4.69) is 15.4 Å². The highest BCUT2D eigenvalue weighted by Gasteiger charge is 2.35. The standard InChI is InChI=1S/C23H25N5O4S/c1-14-22(33-15(2)25-14)19-7-8-20(29)28(26-19)10-9-24-23(31)16-11-21(30)27(13-16)17-5-4-6-18(12-17)32-3/h4-8,12,16H,9-11,13H2,1-3H3,(H,24,31). The number of aryl methyl sites for hydroxylation is 2. The van der Waals surface area contributed by atoms with Crippen molar-refractivity contribution in [3.63, 3.8) is 0 Å². The number of aromatic nitrogens is 3. The third-order valence-electron chi connectivity index (χ3n) is 5.49. The lowest BCUT2D eigenvalue weighted by Gasteiger charge is -2.17. The lowest BCUT2D eigenvalue weighted by Crippen LogP contribution is -2.36. The highest BCUT2D eigenvalue weighted by molar-refractivity contribution is 7.15. The lowest BCUT2D eigenvalue weighted by atomic mass is 10.1. The van der Waals surface area contributed by atoms with Crippen LogP contribution in [0, 0.1) is 19.8 Å². The predicted molar refractivity (Wildman–Crippen MR) is 126 cm³/mol. The molecule has 0 aliphatic carbocycles. The van der Waals surface area contributed by atoms with Gasteiger partial charge in [-0.2, -0.15) is 5.10 Å². The number of nitrogens with one attached hydrogen (secondary N) is 1. The first kappa shape index (κ1) is 22.7. The molecule has 0 saturated carbocycles. The van der Waals surface area contributed by atoms with Crippen LogP contribution < -0.4 is 20.5 Å². The Hall–Kier alpha value is -3.53. The Labute approximate surface area is 195 Å². The molecule has 0 radical (unpaired) electrons. The molecule has 33 heavy (non-hydrogen) atoms. The molecule has 0 spiro atoms. The second kappa shape index (κ2) is 9.53. The maximum Gasteiger partial charge on any atom is 0.266 e. The molecule has 1 unspecified atom stereocenters. The van der Waals surface area contributed by atoms with Crippen LogP contribution in [0.25, 0.3) is 10.6 Å². The van der Waals surface area contributed by atoms with Gasteiger partial charge in [-0.1, -0.05) is 6.07 Å². The summed E-state index contributed by atoms with van der Waals surface area (Å²) in [5.41, 5.74) is 2.01. The number of methoxy groups -OCH3 is 1. The van der Waals surface area contributed by atoms with Gasteiger partial charge in [0.05, 0.1) is 35.2 Å². The van der Waals surface area contributed by atoms with Gasteiger partial charge in [-0.3, -0.25) is 14.4 Å². The van der Waals surface area contributed by atoms with E-state index in [0.717, 1.165) is 15.6 Å². The van der Waals surface area contributed by atoms with E-state index in [-0.39, 0.29) is 36.9 Å². The molecule has 3 heterocycles. The Balaban J connectivity index is 1.37. The second-order valence-corrected chi connectivity index (χ2v) is 9.03. The molecule has 1 N–H and O–H groups in total. The van der Waals surface area contributed by atoms with Crippen molar-refractivity contribution < 1.29 is 14.3 Å². The Bertz CT molecular complexity index is 1250. The zero-order valence-corrected chi connectivity index (χ0v) is 19.5. The summed E-state index contributed by atoms with van der Waals surface area (Å²) in [5, 5.41) is 8.21. The van der Waals surface area contributed by atoms with Gasteiger partial charge >= 0.3 is 0 Å². The van der Waals surface area contributed by atoms with Crippen molar-refractivity contribution in [1.82, 2.24) is 20.1 Å². The van der Waals surface area contributed by atoms with Crippen molar-refractivity contribution >= 4 is 28.8 Å². The number of nitrogens with zero attached hydrogens (tertiary/aromatic N) is 4. The molecule has 0 bridgehead atoms. The summed E-state index contributed by atoms with van der Waals surface area (Å²) in [7, 11) is 1.57. The summed E-state index contributed by atoms with van der Waals surface area (Å²) in [4.78, 5) is 44.3. The molecule has 1 aromatic carbocycles. The first-order valence-electron chi connectivity index (χ1n) is 10.6. The molecule has 4 rings (SSSR count). The van der Waals surface area contributed by atoms with Gasteiger partial charge < -0.3 is 15.0 Å². The number of benzene rings is 1. The third kappa shape index (κ3) is 4.95. The van der Waals surface area contributed by atoms with Crippen LogP contribution >= 0.6 is 11.3 Å². The molecule has 2 amide bonds. The zero-order valence-electron chi connectivity index (χ0n) is 18.7. The van der Waals surface area contributed by atoms with Crippen molar-refractivity contribution in [1.29, 1.82) is 0 Å². The molecule has 2 aromatic heterocycles. The molecule has 1 atom stereocenters. The van der Waals surface area contributed by atoms with Crippen LogP contribution in [0.1, 0.15) is 17.1 Å². The molecule has 1 saturated heterocycles. The minimum absolute atomic E-state index is 0.107. The van der Waals surface area contributed by atoms with Crippen LogP contribution in [0.4, 0.5) is 5.69 Å². The fraction of sp³-hybridized carbons (Fsp3) is 0.348. The monoisotopic (exact) mass is 467 g/mol. The van der Waals surface area contributed by atoms with Gasteiger partial charge in [0.2, 0.25) is 11.8 Å². The van der Waals surface area contributed by atoms with E-state index in [1.54, 1.807) is 30.2 Å². The molecular weight excluding hydrogens is 442 g/mol. The maximum absolute atomic E-state index is 12.7. The van der Waals surface area contributed by atoms with Crippen LogP contribution in [0.3, 0.4) is 0 Å². The minimum Gasteiger partial charge on any atom is -0.497 e. The number of thiazole rings is 1. The van der Waals surface area contributed by atoms with E-state index in [9.17, 15) is 14.4 Å². The molecular formula is C23H25N5O4S. The van der Waals surface area contributed by atoms with Crippen molar-refractivity contribution in [2.24, 2.45) is 5.92 Å². The second-order valence-electron chi connectivity index (χ2n) is 7.83. The van der Waals surface area contributed by atoms with E-state index < -0.39 is 5.92 Å². The van der Waals surface area contributed by atoms with E-state index >= 15 is 0 Å². The number of ether oxygens (including phenoxy) is 1. The fourth-order valence-corrected chi connectivity index (χ4v) is 4.72. The van der Waals surface area contributed by atoms with E-state index in [0.29, 0.717) is 23.7 Å². The predicted octanol–water partition coefficient (Wildman–Crippen LogP) is 2.16. The first-order chi connectivity index (χ1) is 15.9. The first-order valence-corrected chi connectivity index (χ1v) is 11.4. The minimum atomic E-state index is -0.456. The molecule has 10 heteroatoms. The average Bonchev–Trinajstić information content (AvgIpc) is 3.36. The van der Waals surface area contributed by atoms with E-state index in [1.807, 2.05) is 26.0 Å². The van der Waals surface area contributed by atoms with E-state index in [4.69, 9.17) is 4.74 Å². The number of amides is 2. The summed E-state index contributed by atoms with van der Waals surface area (Å²) < 4.78 is 6.56. The zero-order chi connectivity index (χ0) is 23.5. The molecule has 1 aliphatic heterocycles. The Morgan fingerprint density at radius 3 is 2.79 bits per heavy atom. The van der Waals surface area contributed by atoms with Gasteiger partial charge in [0.15, 0.2) is 0 Å². The van der Waals surface area contributed by atoms with Crippen molar-refractivity contribution in [3.8, 4) is 16.3 Å². The number of carbonyl (C=O) groups is 2. The van der Waals surface area contributed by atoms with Gasteiger partial charge in [0, 0.05) is 37.3 Å². The number of carbonyl (C=O) groups excluding carboxylic acids is 2. The molecule has 1 fully saturated rings. The van der Waals surface area contributed by atoms with Crippen LogP contribution in [0.15, 0.2) is 41.2 Å². The van der Waals surface area contributed by atoms with Crippen LogP contribution in [0.2, 0.25) is 0 Å². The Morgan fingerprint density at radius 1 is 1.24 bits per heavy atom. The number of hydrogen-bond donors (Lipinski definition) is 1. The highest BCUT2D eigenvalue weighted by atomic mass is 32.1. The normalized spacial score (nSPS) is 15.7. The average molecular weight is 468 g/mol. The maximum atomic E-state index is 12.7. The summed E-state index contributed by atoms with van der Waals surface area (Å²) in [6.07, 6.45) is 0.140. The van der Waals surface area contributed by atoms with Crippen molar-refractivity contribution in [2.45, 2.75) is 26.8 Å². The lowest BCUT2D eigenvalue weighted by molar-refractivity contribution is -0.126. The van der Waals surface area contributed by atoms with Crippen molar-refractivity contribution in [3.05, 3.63) is 57.5 Å². The summed E-state index contributed by atoms with van der Waals surface area (Å²) in [6.45, 7) is 4.61. The third-order valence-corrected chi connectivity index (χ3v) is 6.58. The molecule has 3 aromatic rings. The molecule has 9 nitrogen and oxygen atoms in total. The largest absolute Gasteiger partial charge is 0.497 e. The van der Waals surface area contributed by atoms with Gasteiger partial charge in [0.1, 0.15) is 11.4 Å². The van der Waals surface area contributed by atoms with Gasteiger partial charge in [-0.05, 0) is 32.0 Å². The molecule has 1 aliphatic rings. The van der Waals surface area contributed by atoms with E-state index in [1.165, 1.54) is 22.1 Å². The Kier molecular flexibility index (Phi) is 6.55. The summed E-state index contributed by atoms with van der Waals surface area (Å²) in [5.74, 6) is -0.129. The van der Waals surface area contributed by atoms with Crippen molar-refractivity contribution in [2.75, 3.05) is 25.1 Å². The Morgan fingerprint density at radius 2 is 2.06 bits per heavy atom. The number of rotatable bonds is 7. The summed E-state index contributed by atoms with van der Waals surface area (Å²) >= 11 is 1.53. The van der Waals surface area contributed by atoms with Crippen LogP contribution in [-0.4, -0.2) is 46.8 Å². The van der Waals surface area contributed by atoms with Gasteiger partial charge in [-0.15, -0.1) is 11.3 Å². The summed E-state index contributed by atoms with van der Waals surface area (Å²) in [6, 6.07) is 10.4. The topological polar surface area (TPSA) is 106 Å². The van der Waals surface area contributed by atoms with Gasteiger partial charge in [-0.25, -0.2) is 9.67 Å². The number of hydrogen-bond acceptors (Lipinski definition) is 7.